The second-order valence-corrected chi connectivity index (χ2v) is 17.0. The third-order valence-electron chi connectivity index (χ3n) is 9.98. The molecule has 0 bridgehead atoms. The average molecular weight is 808 g/mol. The van der Waals surface area contributed by atoms with Gasteiger partial charge in [0.25, 0.3) is 5.91 Å². The van der Waals surface area contributed by atoms with Crippen molar-refractivity contribution in [3.05, 3.63) is 155 Å². The van der Waals surface area contributed by atoms with Crippen LogP contribution in [0.4, 0.5) is 10.5 Å². The monoisotopic (exact) mass is 807 g/mol. The summed E-state index contributed by atoms with van der Waals surface area (Å²) in [7, 11) is -4.66. The van der Waals surface area contributed by atoms with Crippen LogP contribution in [0.25, 0.3) is 52.7 Å². The van der Waals surface area contributed by atoms with Gasteiger partial charge in [-0.2, -0.15) is 0 Å². The van der Waals surface area contributed by atoms with Gasteiger partial charge >= 0.3 is 6.09 Å². The van der Waals surface area contributed by atoms with Crippen molar-refractivity contribution in [1.82, 2.24) is 15.3 Å². The summed E-state index contributed by atoms with van der Waals surface area (Å²) >= 11 is 2.68. The first kappa shape index (κ1) is 36.4. The lowest BCUT2D eigenvalue weighted by Crippen LogP contribution is -2.25. The number of nitrogens with one attached hydrogen (secondary N) is 2. The van der Waals surface area contributed by atoms with Crippen LogP contribution in [0.5, 0.6) is 0 Å². The van der Waals surface area contributed by atoms with E-state index in [9.17, 15) is 22.6 Å². The van der Waals surface area contributed by atoms with Gasteiger partial charge in [-0.25, -0.2) is 23.2 Å². The zero-order valence-corrected chi connectivity index (χ0v) is 32.6. The minimum atomic E-state index is -4.66. The molecule has 0 spiro atoms. The predicted octanol–water partition coefficient (Wildman–Crippen LogP) is 9.74. The quantitative estimate of drug-likeness (QED) is 0.137. The SMILES string of the molecule is Cc1ccc2nc(-c3ccc4nc(-c5ccc(NC(=O)c6ccc(CNC(=O)OCC7c8ccccc8-c8ccccc87)cc6)cc5)sc4c3)sc2c1S(=O)(=O)[O-]. The Hall–Kier alpha value is -6.25. The number of hydrogen-bond donors (Lipinski definition) is 2. The number of rotatable bonds is 9. The van der Waals surface area contributed by atoms with E-state index in [0.717, 1.165) is 43.0 Å². The number of nitrogens with zero attached hydrogens (tertiary/aromatic N) is 2. The third kappa shape index (κ3) is 7.17. The van der Waals surface area contributed by atoms with Gasteiger partial charge in [0, 0.05) is 34.8 Å². The van der Waals surface area contributed by atoms with Gasteiger partial charge < -0.3 is 19.9 Å². The molecule has 1 aliphatic carbocycles. The van der Waals surface area contributed by atoms with Gasteiger partial charge in [-0.05, 0) is 101 Å². The summed E-state index contributed by atoms with van der Waals surface area (Å²) in [5, 5.41) is 7.15. The van der Waals surface area contributed by atoms with E-state index in [2.05, 4.69) is 39.9 Å². The molecule has 13 heteroatoms. The number of aryl methyl sites for hydroxylation is 1. The lowest BCUT2D eigenvalue weighted by molar-refractivity contribution is 0.102. The smallest absolute Gasteiger partial charge is 0.407 e. The summed E-state index contributed by atoms with van der Waals surface area (Å²) in [6.45, 7) is 2.09. The van der Waals surface area contributed by atoms with Gasteiger partial charge in [-0.1, -0.05) is 66.7 Å². The van der Waals surface area contributed by atoms with Crippen LogP contribution in [0, 0.1) is 6.92 Å². The molecule has 6 aromatic carbocycles. The Morgan fingerprint density at radius 3 is 2.09 bits per heavy atom. The fraction of sp³-hybridized carbons (Fsp3) is 0.0909. The molecule has 0 unspecified atom stereocenters. The molecule has 57 heavy (non-hydrogen) atoms. The van der Waals surface area contributed by atoms with Crippen LogP contribution in [0.1, 0.15) is 38.5 Å². The van der Waals surface area contributed by atoms with E-state index < -0.39 is 16.2 Å². The summed E-state index contributed by atoms with van der Waals surface area (Å²) < 4.78 is 42.9. The maximum atomic E-state index is 13.1. The van der Waals surface area contributed by atoms with E-state index in [-0.39, 0.29) is 29.9 Å². The Morgan fingerprint density at radius 1 is 0.754 bits per heavy atom. The van der Waals surface area contributed by atoms with Crippen LogP contribution in [-0.2, 0) is 21.4 Å². The van der Waals surface area contributed by atoms with Gasteiger partial charge in [-0.15, -0.1) is 22.7 Å². The van der Waals surface area contributed by atoms with Crippen LogP contribution >= 0.6 is 22.7 Å². The number of carbonyl (C=O) groups excluding carboxylic acids is 2. The number of thiazole rings is 2. The molecule has 2 heterocycles. The zero-order chi connectivity index (χ0) is 39.3. The Bertz CT molecular complexity index is 2930. The normalized spacial score (nSPS) is 12.4. The molecule has 0 aliphatic heterocycles. The third-order valence-corrected chi connectivity index (χ3v) is 13.3. The Balaban J connectivity index is 0.804. The molecule has 2 aromatic heterocycles. The van der Waals surface area contributed by atoms with E-state index in [1.54, 1.807) is 43.3 Å². The molecule has 9 rings (SSSR count). The van der Waals surface area contributed by atoms with Crippen LogP contribution in [0.2, 0.25) is 0 Å². The lowest BCUT2D eigenvalue weighted by Gasteiger charge is -2.14. The van der Waals surface area contributed by atoms with Gasteiger partial charge in [0.2, 0.25) is 0 Å². The van der Waals surface area contributed by atoms with Crippen molar-refractivity contribution in [2.45, 2.75) is 24.3 Å². The maximum absolute atomic E-state index is 13.1. The number of benzene rings is 6. The molecule has 0 fully saturated rings. The number of alkyl carbamates (subject to hydrolysis) is 1. The fourth-order valence-corrected chi connectivity index (χ4v) is 10.5. The van der Waals surface area contributed by atoms with Crippen molar-refractivity contribution in [1.29, 1.82) is 0 Å². The molecule has 0 saturated heterocycles. The predicted molar refractivity (Wildman–Crippen MR) is 223 cm³/mol. The summed E-state index contributed by atoms with van der Waals surface area (Å²) in [5.41, 5.74) is 9.90. The van der Waals surface area contributed by atoms with E-state index in [1.165, 1.54) is 33.8 Å². The number of aromatic nitrogens is 2. The first-order valence-electron chi connectivity index (χ1n) is 18.0. The van der Waals surface area contributed by atoms with Gasteiger partial charge in [0.1, 0.15) is 26.7 Å². The highest BCUT2D eigenvalue weighted by Crippen LogP contribution is 2.44. The standard InChI is InChI=1S/C44H32N4O6S3/c1-25-10-20-37-39(40(25)57(51,52)53)56-43(48-37)29-17-21-36-38(22-29)55-42(47-36)28-15-18-30(19-16-28)46-41(49)27-13-11-26(12-14-27)23-45-44(50)54-24-35-33-8-4-2-6-31(33)32-7-3-5-9-34(32)35/h2-22,35H,23-24H2,1H3,(H,45,50)(H,46,49)(H,51,52,53)/p-1. The highest BCUT2D eigenvalue weighted by Gasteiger charge is 2.29. The summed E-state index contributed by atoms with van der Waals surface area (Å²) in [4.78, 5) is 34.9. The van der Waals surface area contributed by atoms with Crippen LogP contribution < -0.4 is 10.6 Å². The van der Waals surface area contributed by atoms with Gasteiger partial charge in [0.05, 0.1) is 25.3 Å². The number of ether oxygens (including phenoxy) is 1. The second-order valence-electron chi connectivity index (χ2n) is 13.6. The van der Waals surface area contributed by atoms with Crippen molar-refractivity contribution in [3.63, 3.8) is 0 Å². The molecule has 0 saturated carbocycles. The van der Waals surface area contributed by atoms with Gasteiger partial charge in [0.15, 0.2) is 0 Å². The van der Waals surface area contributed by atoms with E-state index in [1.807, 2.05) is 66.7 Å². The topological polar surface area (TPSA) is 150 Å². The molecule has 282 valence electrons. The summed E-state index contributed by atoms with van der Waals surface area (Å²) in [5.74, 6) is -0.286. The highest BCUT2D eigenvalue weighted by atomic mass is 32.2. The van der Waals surface area contributed by atoms with Crippen molar-refractivity contribution in [3.8, 4) is 32.3 Å². The average Bonchev–Trinajstić information content (AvgIpc) is 3.93. The molecule has 10 nitrogen and oxygen atoms in total. The van der Waals surface area contributed by atoms with E-state index in [0.29, 0.717) is 32.0 Å². The van der Waals surface area contributed by atoms with Crippen LogP contribution in [0.3, 0.4) is 0 Å². The largest absolute Gasteiger partial charge is 0.744 e. The number of carbonyl (C=O) groups is 2. The maximum Gasteiger partial charge on any atom is 0.407 e. The first-order chi connectivity index (χ1) is 27.6. The summed E-state index contributed by atoms with van der Waals surface area (Å²) in [6.07, 6.45) is -0.505. The lowest BCUT2D eigenvalue weighted by atomic mass is 9.98. The molecule has 8 aromatic rings. The molecule has 2 N–H and O–H groups in total. The molecular formula is C44H31N4O6S3-. The van der Waals surface area contributed by atoms with Crippen molar-refractivity contribution < 1.29 is 27.3 Å². The molecule has 0 atom stereocenters. The Morgan fingerprint density at radius 2 is 1.39 bits per heavy atom. The number of hydrogen-bond acceptors (Lipinski definition) is 10. The number of fused-ring (bicyclic) bond motifs is 5. The van der Waals surface area contributed by atoms with Crippen LogP contribution in [0.15, 0.2) is 132 Å². The second kappa shape index (κ2) is 14.7. The van der Waals surface area contributed by atoms with Crippen molar-refractivity contribution >= 4 is 70.9 Å². The van der Waals surface area contributed by atoms with E-state index >= 15 is 0 Å². The number of amides is 2. The van der Waals surface area contributed by atoms with Crippen LogP contribution in [-0.4, -0.2) is 41.5 Å². The van der Waals surface area contributed by atoms with Gasteiger partial charge in [-0.3, -0.25) is 4.79 Å². The Labute approximate surface area is 335 Å². The Kier molecular flexibility index (Phi) is 9.37. The fourth-order valence-electron chi connectivity index (χ4n) is 7.18. The molecule has 0 radical (unpaired) electrons. The molecule has 2 amide bonds. The minimum absolute atomic E-state index is 0.0183. The summed E-state index contributed by atoms with van der Waals surface area (Å²) in [6, 6.07) is 39.9. The first-order valence-corrected chi connectivity index (χ1v) is 21.0. The number of anilines is 1. The zero-order valence-electron chi connectivity index (χ0n) is 30.2. The highest BCUT2D eigenvalue weighted by molar-refractivity contribution is 7.86. The minimum Gasteiger partial charge on any atom is -0.744 e. The van der Waals surface area contributed by atoms with Crippen molar-refractivity contribution in [2.75, 3.05) is 11.9 Å². The van der Waals surface area contributed by atoms with E-state index in [4.69, 9.17) is 9.72 Å². The molecular weight excluding hydrogens is 777 g/mol. The molecule has 1 aliphatic rings. The van der Waals surface area contributed by atoms with Crippen molar-refractivity contribution in [2.24, 2.45) is 0 Å².